The Morgan fingerprint density at radius 3 is 2.81 bits per heavy atom. The van der Waals surface area contributed by atoms with Crippen LogP contribution in [0.2, 0.25) is 0 Å². The van der Waals surface area contributed by atoms with E-state index in [1.165, 1.54) is 0 Å². The standard InChI is InChI=1S/C12H20N2O2/c1-13-6-7-14(2)9-10-4-5-11(15)8-12(10)16-3/h4-5,8,13,15H,6-7,9H2,1-3H3. The van der Waals surface area contributed by atoms with Crippen molar-refractivity contribution in [3.8, 4) is 11.5 Å². The van der Waals surface area contributed by atoms with E-state index in [9.17, 15) is 5.11 Å². The molecule has 0 aromatic heterocycles. The molecule has 0 saturated carbocycles. The summed E-state index contributed by atoms with van der Waals surface area (Å²) in [6, 6.07) is 5.22. The topological polar surface area (TPSA) is 44.7 Å². The third-order valence-corrected chi connectivity index (χ3v) is 2.45. The van der Waals surface area contributed by atoms with Crippen LogP contribution in [0.1, 0.15) is 5.56 Å². The molecular formula is C12H20N2O2. The minimum atomic E-state index is 0.235. The van der Waals surface area contributed by atoms with E-state index < -0.39 is 0 Å². The van der Waals surface area contributed by atoms with Crippen LogP contribution in [0.15, 0.2) is 18.2 Å². The first-order valence-electron chi connectivity index (χ1n) is 5.36. The second-order valence-corrected chi connectivity index (χ2v) is 3.84. The van der Waals surface area contributed by atoms with E-state index in [0.29, 0.717) is 0 Å². The van der Waals surface area contributed by atoms with Gasteiger partial charge in [0.05, 0.1) is 7.11 Å². The van der Waals surface area contributed by atoms with Crippen molar-refractivity contribution in [2.24, 2.45) is 0 Å². The molecule has 0 fully saturated rings. The highest BCUT2D eigenvalue weighted by molar-refractivity contribution is 5.39. The summed E-state index contributed by atoms with van der Waals surface area (Å²) in [5, 5.41) is 12.4. The summed E-state index contributed by atoms with van der Waals surface area (Å²) in [5.74, 6) is 0.967. The van der Waals surface area contributed by atoms with Crippen molar-refractivity contribution >= 4 is 0 Å². The molecule has 90 valence electrons. The molecule has 1 rings (SSSR count). The molecule has 16 heavy (non-hydrogen) atoms. The van der Waals surface area contributed by atoms with Crippen LogP contribution in [0.3, 0.4) is 0 Å². The Balaban J connectivity index is 2.65. The molecule has 1 aromatic carbocycles. The van der Waals surface area contributed by atoms with Crippen molar-refractivity contribution < 1.29 is 9.84 Å². The van der Waals surface area contributed by atoms with Gasteiger partial charge in [-0.3, -0.25) is 0 Å². The second-order valence-electron chi connectivity index (χ2n) is 3.84. The van der Waals surface area contributed by atoms with Crippen LogP contribution >= 0.6 is 0 Å². The van der Waals surface area contributed by atoms with E-state index in [0.717, 1.165) is 30.9 Å². The van der Waals surface area contributed by atoms with Crippen molar-refractivity contribution in [2.75, 3.05) is 34.3 Å². The fourth-order valence-electron chi connectivity index (χ4n) is 1.54. The molecule has 0 amide bonds. The molecule has 0 unspecified atom stereocenters. The van der Waals surface area contributed by atoms with Gasteiger partial charge in [-0.25, -0.2) is 0 Å². The van der Waals surface area contributed by atoms with Crippen LogP contribution in [0.4, 0.5) is 0 Å². The largest absolute Gasteiger partial charge is 0.508 e. The van der Waals surface area contributed by atoms with Crippen LogP contribution in [-0.2, 0) is 6.54 Å². The zero-order valence-electron chi connectivity index (χ0n) is 10.2. The first kappa shape index (κ1) is 12.8. The van der Waals surface area contributed by atoms with Gasteiger partial charge in [0, 0.05) is 31.3 Å². The maximum Gasteiger partial charge on any atom is 0.127 e. The number of hydrogen-bond acceptors (Lipinski definition) is 4. The van der Waals surface area contributed by atoms with E-state index >= 15 is 0 Å². The lowest BCUT2D eigenvalue weighted by Gasteiger charge is -2.18. The Bertz CT molecular complexity index is 329. The zero-order chi connectivity index (χ0) is 12.0. The molecule has 2 N–H and O–H groups in total. The van der Waals surface area contributed by atoms with E-state index in [2.05, 4.69) is 17.3 Å². The predicted molar refractivity (Wildman–Crippen MR) is 64.9 cm³/mol. The molecule has 4 heteroatoms. The third kappa shape index (κ3) is 3.72. The maximum atomic E-state index is 9.34. The summed E-state index contributed by atoms with van der Waals surface area (Å²) in [5.41, 5.74) is 1.08. The first-order valence-corrected chi connectivity index (χ1v) is 5.36. The van der Waals surface area contributed by atoms with E-state index in [1.807, 2.05) is 13.1 Å². The quantitative estimate of drug-likeness (QED) is 0.758. The Kier molecular flexibility index (Phi) is 5.08. The lowest BCUT2D eigenvalue weighted by atomic mass is 10.2. The average molecular weight is 224 g/mol. The van der Waals surface area contributed by atoms with Gasteiger partial charge in [-0.2, -0.15) is 0 Å². The number of hydrogen-bond donors (Lipinski definition) is 2. The third-order valence-electron chi connectivity index (χ3n) is 2.45. The number of benzene rings is 1. The van der Waals surface area contributed by atoms with Crippen LogP contribution in [0, 0.1) is 0 Å². The normalized spacial score (nSPS) is 10.8. The highest BCUT2D eigenvalue weighted by Crippen LogP contribution is 2.24. The summed E-state index contributed by atoms with van der Waals surface area (Å²) < 4.78 is 5.23. The highest BCUT2D eigenvalue weighted by atomic mass is 16.5. The number of phenols is 1. The molecule has 0 radical (unpaired) electrons. The molecule has 0 spiro atoms. The smallest absolute Gasteiger partial charge is 0.127 e. The maximum absolute atomic E-state index is 9.34. The molecule has 0 bridgehead atoms. The minimum Gasteiger partial charge on any atom is -0.508 e. The Labute approximate surface area is 96.8 Å². The van der Waals surface area contributed by atoms with Crippen molar-refractivity contribution in [3.63, 3.8) is 0 Å². The van der Waals surface area contributed by atoms with Crippen molar-refractivity contribution in [1.29, 1.82) is 0 Å². The SMILES string of the molecule is CNCCN(C)Cc1ccc(O)cc1OC. The lowest BCUT2D eigenvalue weighted by molar-refractivity contribution is 0.318. The molecule has 0 atom stereocenters. The van der Waals surface area contributed by atoms with Crippen molar-refractivity contribution in [2.45, 2.75) is 6.54 Å². The van der Waals surface area contributed by atoms with E-state index in [1.54, 1.807) is 19.2 Å². The van der Waals surface area contributed by atoms with Gasteiger partial charge in [-0.1, -0.05) is 6.07 Å². The zero-order valence-corrected chi connectivity index (χ0v) is 10.2. The van der Waals surface area contributed by atoms with Gasteiger partial charge in [0.25, 0.3) is 0 Å². The van der Waals surface area contributed by atoms with Gasteiger partial charge in [0.1, 0.15) is 11.5 Å². The minimum absolute atomic E-state index is 0.235. The van der Waals surface area contributed by atoms with E-state index in [4.69, 9.17) is 4.74 Å². The van der Waals surface area contributed by atoms with Gasteiger partial charge < -0.3 is 20.1 Å². The van der Waals surface area contributed by atoms with Gasteiger partial charge in [-0.05, 0) is 20.2 Å². The summed E-state index contributed by atoms with van der Waals surface area (Å²) in [6.45, 7) is 2.74. The number of ether oxygens (including phenoxy) is 1. The number of rotatable bonds is 6. The summed E-state index contributed by atoms with van der Waals surface area (Å²) in [6.07, 6.45) is 0. The summed E-state index contributed by atoms with van der Waals surface area (Å²) >= 11 is 0. The van der Waals surface area contributed by atoms with Gasteiger partial charge in [-0.15, -0.1) is 0 Å². The molecule has 1 aromatic rings. The van der Waals surface area contributed by atoms with Gasteiger partial charge in [0.15, 0.2) is 0 Å². The number of aromatic hydroxyl groups is 1. The predicted octanol–water partition coefficient (Wildman–Crippen LogP) is 1.05. The number of methoxy groups -OCH3 is 1. The summed E-state index contributed by atoms with van der Waals surface area (Å²) in [7, 11) is 5.62. The van der Waals surface area contributed by atoms with Crippen molar-refractivity contribution in [1.82, 2.24) is 10.2 Å². The molecule has 0 aliphatic rings. The van der Waals surface area contributed by atoms with Crippen LogP contribution < -0.4 is 10.1 Å². The first-order chi connectivity index (χ1) is 7.67. The number of nitrogens with zero attached hydrogens (tertiary/aromatic N) is 1. The fourth-order valence-corrected chi connectivity index (χ4v) is 1.54. The molecule has 0 aliphatic heterocycles. The van der Waals surface area contributed by atoms with Gasteiger partial charge in [0.2, 0.25) is 0 Å². The highest BCUT2D eigenvalue weighted by Gasteiger charge is 2.06. The Morgan fingerprint density at radius 2 is 2.19 bits per heavy atom. The monoisotopic (exact) mass is 224 g/mol. The molecule has 0 heterocycles. The number of nitrogens with one attached hydrogen (secondary N) is 1. The molecular weight excluding hydrogens is 204 g/mol. The van der Waals surface area contributed by atoms with Crippen LogP contribution in [0.25, 0.3) is 0 Å². The second kappa shape index (κ2) is 6.35. The number of likely N-dealkylation sites (N-methyl/N-ethyl adjacent to an activating group) is 2. The van der Waals surface area contributed by atoms with Gasteiger partial charge >= 0.3 is 0 Å². The average Bonchev–Trinajstić information content (AvgIpc) is 2.28. The number of phenolic OH excluding ortho intramolecular Hbond substituents is 1. The molecule has 0 saturated heterocycles. The molecule has 4 nitrogen and oxygen atoms in total. The van der Waals surface area contributed by atoms with Crippen LogP contribution in [0.5, 0.6) is 11.5 Å². The van der Waals surface area contributed by atoms with Crippen LogP contribution in [-0.4, -0.2) is 44.3 Å². The van der Waals surface area contributed by atoms with Crippen molar-refractivity contribution in [3.05, 3.63) is 23.8 Å². The Morgan fingerprint density at radius 1 is 1.44 bits per heavy atom. The summed E-state index contributed by atoms with van der Waals surface area (Å²) in [4.78, 5) is 2.20. The lowest BCUT2D eigenvalue weighted by Crippen LogP contribution is -2.27. The fraction of sp³-hybridized carbons (Fsp3) is 0.500. The molecule has 0 aliphatic carbocycles. The Hall–Kier alpha value is -1.26. The van der Waals surface area contributed by atoms with E-state index in [-0.39, 0.29) is 5.75 Å².